The van der Waals surface area contributed by atoms with Gasteiger partial charge in [0, 0.05) is 38.3 Å². The maximum Gasteiger partial charge on any atom is 0.243 e. The molecule has 0 aromatic heterocycles. The van der Waals surface area contributed by atoms with Crippen LogP contribution in [0.3, 0.4) is 0 Å². The highest BCUT2D eigenvalue weighted by Crippen LogP contribution is 2.19. The van der Waals surface area contributed by atoms with Crippen molar-refractivity contribution in [3.8, 4) is 0 Å². The van der Waals surface area contributed by atoms with E-state index in [1.54, 1.807) is 4.90 Å². The molecule has 2 aliphatic heterocycles. The zero-order chi connectivity index (χ0) is 19.6. The van der Waals surface area contributed by atoms with Crippen molar-refractivity contribution in [2.75, 3.05) is 39.3 Å². The molecular formula is C18H25N3O5S. The van der Waals surface area contributed by atoms with Crippen LogP contribution in [0.15, 0.2) is 29.2 Å². The van der Waals surface area contributed by atoms with Gasteiger partial charge in [0.25, 0.3) is 0 Å². The van der Waals surface area contributed by atoms with E-state index in [2.05, 4.69) is 5.32 Å². The van der Waals surface area contributed by atoms with Crippen LogP contribution in [0.4, 0.5) is 0 Å². The number of sulfonamides is 1. The Morgan fingerprint density at radius 1 is 1.11 bits per heavy atom. The van der Waals surface area contributed by atoms with Gasteiger partial charge in [0.15, 0.2) is 5.78 Å². The number of amides is 1. The molecule has 8 nitrogen and oxygen atoms in total. The summed E-state index contributed by atoms with van der Waals surface area (Å²) < 4.78 is 32.5. The number of hydrogen-bond acceptors (Lipinski definition) is 6. The first kappa shape index (κ1) is 19.9. The molecule has 1 aromatic rings. The Morgan fingerprint density at radius 2 is 1.74 bits per heavy atom. The molecule has 1 N–H and O–H groups in total. The lowest BCUT2D eigenvalue weighted by Gasteiger charge is -2.38. The molecule has 148 valence electrons. The SMILES string of the molecule is CC(=O)c1ccc(S(=O)(=O)N2CCN(C(=O)[C@H]3NCCO[C@@H]3C)CC2)cc1. The number of nitrogens with zero attached hydrogens (tertiary/aromatic N) is 2. The average Bonchev–Trinajstić information content (AvgIpc) is 2.68. The number of rotatable bonds is 4. The summed E-state index contributed by atoms with van der Waals surface area (Å²) in [5.41, 5.74) is 0.473. The van der Waals surface area contributed by atoms with E-state index in [1.165, 1.54) is 35.5 Å². The molecule has 0 aliphatic carbocycles. The summed E-state index contributed by atoms with van der Waals surface area (Å²) >= 11 is 0. The van der Waals surface area contributed by atoms with E-state index in [4.69, 9.17) is 4.74 Å². The molecule has 9 heteroatoms. The maximum atomic E-state index is 12.8. The zero-order valence-electron chi connectivity index (χ0n) is 15.6. The number of benzene rings is 1. The minimum absolute atomic E-state index is 0.0509. The minimum Gasteiger partial charge on any atom is -0.375 e. The van der Waals surface area contributed by atoms with E-state index in [-0.39, 0.29) is 41.8 Å². The second-order valence-corrected chi connectivity index (χ2v) is 8.76. The molecule has 3 rings (SSSR count). The smallest absolute Gasteiger partial charge is 0.243 e. The average molecular weight is 395 g/mol. The number of carbonyl (C=O) groups is 2. The number of hydrogen-bond donors (Lipinski definition) is 1. The summed E-state index contributed by atoms with van der Waals surface area (Å²) in [6.07, 6.45) is -0.201. The molecular weight excluding hydrogens is 370 g/mol. The molecule has 0 radical (unpaired) electrons. The predicted octanol–water partition coefficient (Wildman–Crippen LogP) is 0.0990. The van der Waals surface area contributed by atoms with Crippen LogP contribution >= 0.6 is 0 Å². The molecule has 0 saturated carbocycles. The lowest BCUT2D eigenvalue weighted by Crippen LogP contribution is -2.60. The van der Waals surface area contributed by atoms with Crippen molar-refractivity contribution < 1.29 is 22.7 Å². The quantitative estimate of drug-likeness (QED) is 0.727. The highest BCUT2D eigenvalue weighted by atomic mass is 32.2. The largest absolute Gasteiger partial charge is 0.375 e. The number of Topliss-reactive ketones (excluding diaryl/α,β-unsaturated/α-hetero) is 1. The van der Waals surface area contributed by atoms with Gasteiger partial charge in [-0.2, -0.15) is 4.31 Å². The van der Waals surface area contributed by atoms with Crippen molar-refractivity contribution in [1.82, 2.24) is 14.5 Å². The van der Waals surface area contributed by atoms with Crippen LogP contribution in [0, 0.1) is 0 Å². The van der Waals surface area contributed by atoms with Crippen molar-refractivity contribution in [3.05, 3.63) is 29.8 Å². The normalized spacial score (nSPS) is 24.6. The second kappa shape index (κ2) is 8.05. The van der Waals surface area contributed by atoms with Gasteiger partial charge in [-0.25, -0.2) is 8.42 Å². The van der Waals surface area contributed by atoms with Crippen LogP contribution in [0.5, 0.6) is 0 Å². The molecule has 2 aliphatic rings. The van der Waals surface area contributed by atoms with Crippen LogP contribution < -0.4 is 5.32 Å². The highest BCUT2D eigenvalue weighted by molar-refractivity contribution is 7.89. The Balaban J connectivity index is 1.64. The van der Waals surface area contributed by atoms with Crippen LogP contribution in [-0.4, -0.2) is 80.8 Å². The second-order valence-electron chi connectivity index (χ2n) is 6.82. The van der Waals surface area contributed by atoms with Gasteiger partial charge in [-0.3, -0.25) is 9.59 Å². The Labute approximate surface area is 159 Å². The number of ketones is 1. The lowest BCUT2D eigenvalue weighted by molar-refractivity contribution is -0.140. The van der Waals surface area contributed by atoms with Crippen molar-refractivity contribution >= 4 is 21.7 Å². The van der Waals surface area contributed by atoms with Crippen LogP contribution in [0.2, 0.25) is 0 Å². The van der Waals surface area contributed by atoms with E-state index in [0.717, 1.165) is 0 Å². The van der Waals surface area contributed by atoms with Crippen molar-refractivity contribution in [1.29, 1.82) is 0 Å². The lowest BCUT2D eigenvalue weighted by atomic mass is 10.1. The molecule has 2 atom stereocenters. The van der Waals surface area contributed by atoms with Crippen LogP contribution in [-0.2, 0) is 19.6 Å². The monoisotopic (exact) mass is 395 g/mol. The van der Waals surface area contributed by atoms with Crippen LogP contribution in [0.1, 0.15) is 24.2 Å². The molecule has 27 heavy (non-hydrogen) atoms. The molecule has 2 saturated heterocycles. The first-order valence-electron chi connectivity index (χ1n) is 9.05. The fraction of sp³-hybridized carbons (Fsp3) is 0.556. The fourth-order valence-corrected chi connectivity index (χ4v) is 4.79. The number of ether oxygens (including phenoxy) is 1. The topological polar surface area (TPSA) is 96.0 Å². The van der Waals surface area contributed by atoms with Crippen molar-refractivity contribution in [2.45, 2.75) is 30.9 Å². The molecule has 0 spiro atoms. The van der Waals surface area contributed by atoms with E-state index in [9.17, 15) is 18.0 Å². The molecule has 0 bridgehead atoms. The maximum absolute atomic E-state index is 12.8. The van der Waals surface area contributed by atoms with Gasteiger partial charge in [-0.15, -0.1) is 0 Å². The van der Waals surface area contributed by atoms with Gasteiger partial charge in [-0.1, -0.05) is 12.1 Å². The molecule has 0 unspecified atom stereocenters. The summed E-state index contributed by atoms with van der Waals surface area (Å²) in [6.45, 7) is 5.68. The van der Waals surface area contributed by atoms with E-state index >= 15 is 0 Å². The number of morpholine rings is 1. The van der Waals surface area contributed by atoms with E-state index in [1.807, 2.05) is 6.92 Å². The molecule has 2 fully saturated rings. The van der Waals surface area contributed by atoms with E-state index < -0.39 is 10.0 Å². The summed E-state index contributed by atoms with van der Waals surface area (Å²) in [5, 5.41) is 3.17. The third-order valence-electron chi connectivity index (χ3n) is 5.03. The zero-order valence-corrected chi connectivity index (χ0v) is 16.4. The summed E-state index contributed by atoms with van der Waals surface area (Å²) in [6, 6.07) is 5.56. The van der Waals surface area contributed by atoms with Crippen molar-refractivity contribution in [3.63, 3.8) is 0 Å². The third-order valence-corrected chi connectivity index (χ3v) is 6.94. The number of piperazine rings is 1. The molecule has 2 heterocycles. The standard InChI is InChI=1S/C18H25N3O5S/c1-13(22)15-3-5-16(6-4-15)27(24,25)21-10-8-20(9-11-21)18(23)17-14(2)26-12-7-19-17/h3-6,14,17,19H,7-12H2,1-2H3/t14-,17+/m1/s1. The van der Waals surface area contributed by atoms with Gasteiger partial charge in [0.1, 0.15) is 6.04 Å². The molecule has 1 aromatic carbocycles. The number of carbonyl (C=O) groups excluding carboxylic acids is 2. The Kier molecular flexibility index (Phi) is 5.95. The summed E-state index contributed by atoms with van der Waals surface area (Å²) in [7, 11) is -3.65. The summed E-state index contributed by atoms with van der Waals surface area (Å²) in [5.74, 6) is -0.161. The van der Waals surface area contributed by atoms with Gasteiger partial charge < -0.3 is 15.0 Å². The number of nitrogens with one attached hydrogen (secondary N) is 1. The third kappa shape index (κ3) is 4.21. The van der Waals surface area contributed by atoms with Gasteiger partial charge in [0.05, 0.1) is 17.6 Å². The molecule has 1 amide bonds. The first-order chi connectivity index (χ1) is 12.8. The predicted molar refractivity (Wildman–Crippen MR) is 99.0 cm³/mol. The van der Waals surface area contributed by atoms with Crippen molar-refractivity contribution in [2.24, 2.45) is 0 Å². The minimum atomic E-state index is -3.65. The van der Waals surface area contributed by atoms with Crippen LogP contribution in [0.25, 0.3) is 0 Å². The summed E-state index contributed by atoms with van der Waals surface area (Å²) in [4.78, 5) is 25.9. The Morgan fingerprint density at radius 3 is 2.30 bits per heavy atom. The Bertz CT molecular complexity index is 801. The van der Waals surface area contributed by atoms with Gasteiger partial charge >= 0.3 is 0 Å². The van der Waals surface area contributed by atoms with Gasteiger partial charge in [-0.05, 0) is 26.0 Å². The van der Waals surface area contributed by atoms with E-state index in [0.29, 0.717) is 31.8 Å². The van der Waals surface area contributed by atoms with Gasteiger partial charge in [0.2, 0.25) is 15.9 Å². The Hall–Kier alpha value is -1.81. The fourth-order valence-electron chi connectivity index (χ4n) is 3.37. The highest BCUT2D eigenvalue weighted by Gasteiger charge is 2.35. The first-order valence-corrected chi connectivity index (χ1v) is 10.5.